The Morgan fingerprint density at radius 1 is 1.22 bits per heavy atom. The number of amidine groups is 1. The van der Waals surface area contributed by atoms with Crippen molar-refractivity contribution in [2.24, 2.45) is 21.5 Å². The lowest BCUT2D eigenvalue weighted by atomic mass is 10.0. The van der Waals surface area contributed by atoms with E-state index in [9.17, 15) is 4.79 Å². The Balaban J connectivity index is 2.98. The molecule has 1 aromatic rings. The zero-order valence-corrected chi connectivity index (χ0v) is 16.1. The van der Waals surface area contributed by atoms with Gasteiger partial charge in [0, 0.05) is 13.0 Å². The molecule has 0 aromatic heterocycles. The number of carboxylic acid groups (broad SMARTS) is 1. The number of allylic oxidation sites excluding steroid dienone is 1. The Morgan fingerprint density at radius 2 is 1.93 bits per heavy atom. The number of benzene rings is 1. The molecule has 148 valence electrons. The van der Waals surface area contributed by atoms with Crippen LogP contribution in [0.1, 0.15) is 44.6 Å². The minimum absolute atomic E-state index is 0.0517. The smallest absolute Gasteiger partial charge is 0.303 e. The lowest BCUT2D eigenvalue weighted by molar-refractivity contribution is -0.136. The largest absolute Gasteiger partial charge is 0.497 e. The van der Waals surface area contributed by atoms with E-state index < -0.39 is 5.97 Å². The summed E-state index contributed by atoms with van der Waals surface area (Å²) in [7, 11) is 1.63. The van der Waals surface area contributed by atoms with E-state index in [1.165, 1.54) is 0 Å². The summed E-state index contributed by atoms with van der Waals surface area (Å²) in [5, 5.41) is 8.90. The molecular weight excluding hydrogens is 344 g/mol. The van der Waals surface area contributed by atoms with Crippen molar-refractivity contribution in [3.8, 4) is 5.75 Å². The van der Waals surface area contributed by atoms with E-state index in [0.717, 1.165) is 36.1 Å². The van der Waals surface area contributed by atoms with Crippen molar-refractivity contribution >= 4 is 17.8 Å². The summed E-state index contributed by atoms with van der Waals surface area (Å²) in [5.74, 6) is 0.395. The van der Waals surface area contributed by atoms with Crippen molar-refractivity contribution in [1.82, 2.24) is 0 Å². The second-order valence-corrected chi connectivity index (χ2v) is 6.11. The van der Waals surface area contributed by atoms with Crippen LogP contribution in [0.3, 0.4) is 0 Å². The molecule has 0 atom stereocenters. The summed E-state index contributed by atoms with van der Waals surface area (Å²) in [6, 6.07) is 7.83. The molecule has 0 aliphatic carbocycles. The van der Waals surface area contributed by atoms with Crippen molar-refractivity contribution < 1.29 is 14.6 Å². The highest BCUT2D eigenvalue weighted by Gasteiger charge is 2.09. The Morgan fingerprint density at radius 3 is 2.48 bits per heavy atom. The van der Waals surface area contributed by atoms with Gasteiger partial charge in [0.2, 0.25) is 0 Å². The van der Waals surface area contributed by atoms with E-state index in [-0.39, 0.29) is 12.4 Å². The number of ether oxygens (including phenoxy) is 1. The van der Waals surface area contributed by atoms with Gasteiger partial charge in [-0.25, -0.2) is 0 Å². The Labute approximate surface area is 160 Å². The number of carbonyl (C=O) groups is 1. The monoisotopic (exact) mass is 374 g/mol. The van der Waals surface area contributed by atoms with Crippen molar-refractivity contribution in [3.63, 3.8) is 0 Å². The van der Waals surface area contributed by atoms with Crippen LogP contribution in [-0.4, -0.2) is 36.5 Å². The molecule has 0 spiro atoms. The van der Waals surface area contributed by atoms with Gasteiger partial charge in [-0.2, -0.15) is 4.99 Å². The number of guanidine groups is 1. The maximum Gasteiger partial charge on any atom is 0.303 e. The minimum Gasteiger partial charge on any atom is -0.497 e. The zero-order chi connectivity index (χ0) is 20.1. The number of rotatable bonds is 11. The summed E-state index contributed by atoms with van der Waals surface area (Å²) < 4.78 is 5.18. The predicted molar refractivity (Wildman–Crippen MR) is 109 cm³/mol. The van der Waals surface area contributed by atoms with Crippen LogP contribution in [0, 0.1) is 0 Å². The van der Waals surface area contributed by atoms with Crippen molar-refractivity contribution in [2.45, 2.75) is 45.4 Å². The van der Waals surface area contributed by atoms with Gasteiger partial charge in [0.25, 0.3) is 0 Å². The van der Waals surface area contributed by atoms with Gasteiger partial charge < -0.3 is 21.3 Å². The van der Waals surface area contributed by atoms with E-state index >= 15 is 0 Å². The molecule has 27 heavy (non-hydrogen) atoms. The molecule has 0 aliphatic rings. The molecule has 0 radical (unpaired) electrons. The average Bonchev–Trinajstić information content (AvgIpc) is 2.63. The van der Waals surface area contributed by atoms with Gasteiger partial charge in [-0.05, 0) is 49.0 Å². The molecule has 0 saturated heterocycles. The van der Waals surface area contributed by atoms with Gasteiger partial charge in [0.15, 0.2) is 11.8 Å². The molecule has 7 nitrogen and oxygen atoms in total. The SMILES string of the molecule is CCCCN=C(N=C(N)N)/C(=C/CCC(=O)O)CCc1ccc(OC)cc1. The Bertz CT molecular complexity index is 675. The van der Waals surface area contributed by atoms with Crippen molar-refractivity contribution in [3.05, 3.63) is 41.5 Å². The van der Waals surface area contributed by atoms with Gasteiger partial charge in [-0.15, -0.1) is 0 Å². The number of aliphatic carboxylic acids is 1. The molecule has 5 N–H and O–H groups in total. The first kappa shape index (κ1) is 22.2. The van der Waals surface area contributed by atoms with Crippen LogP contribution in [0.25, 0.3) is 0 Å². The number of aliphatic imine (C=N–C) groups is 2. The third-order valence-corrected chi connectivity index (χ3v) is 3.89. The van der Waals surface area contributed by atoms with Crippen molar-refractivity contribution in [1.29, 1.82) is 0 Å². The summed E-state index contributed by atoms with van der Waals surface area (Å²) in [6.45, 7) is 2.71. The first-order chi connectivity index (χ1) is 13.0. The highest BCUT2D eigenvalue weighted by Crippen LogP contribution is 2.17. The first-order valence-corrected chi connectivity index (χ1v) is 9.14. The maximum atomic E-state index is 10.8. The third kappa shape index (κ3) is 9.44. The number of hydrogen-bond acceptors (Lipinski definition) is 3. The molecule has 0 aliphatic heterocycles. The number of hydrogen-bond donors (Lipinski definition) is 3. The Hall–Kier alpha value is -2.83. The maximum absolute atomic E-state index is 10.8. The fourth-order valence-electron chi connectivity index (χ4n) is 2.42. The van der Waals surface area contributed by atoms with E-state index in [2.05, 4.69) is 16.9 Å². The van der Waals surface area contributed by atoms with Crippen molar-refractivity contribution in [2.75, 3.05) is 13.7 Å². The average molecular weight is 374 g/mol. The summed E-state index contributed by atoms with van der Waals surface area (Å²) >= 11 is 0. The van der Waals surface area contributed by atoms with E-state index in [4.69, 9.17) is 21.3 Å². The van der Waals surface area contributed by atoms with Gasteiger partial charge in [-0.1, -0.05) is 31.6 Å². The molecule has 0 amide bonds. The molecule has 1 aromatic carbocycles. The van der Waals surface area contributed by atoms with Crippen LogP contribution in [0.2, 0.25) is 0 Å². The molecular formula is C20H30N4O3. The lowest BCUT2D eigenvalue weighted by Crippen LogP contribution is -2.25. The standard InChI is InChI=1S/C20H30N4O3/c1-3-4-14-23-19(24-20(21)22)16(6-5-7-18(25)26)11-8-15-9-12-17(27-2)13-10-15/h6,9-10,12-13H,3-5,7-8,11,14H2,1-2H3,(H,25,26)(H4,21,22,23,24)/b16-6+. The van der Waals surface area contributed by atoms with E-state index in [0.29, 0.717) is 25.2 Å². The number of carboxylic acids is 1. The number of unbranched alkanes of at least 4 members (excludes halogenated alkanes) is 1. The van der Waals surface area contributed by atoms with Crippen LogP contribution in [0.5, 0.6) is 5.75 Å². The Kier molecular flexibility index (Phi) is 10.3. The number of methoxy groups -OCH3 is 1. The van der Waals surface area contributed by atoms with Crippen LogP contribution >= 0.6 is 0 Å². The van der Waals surface area contributed by atoms with Gasteiger partial charge >= 0.3 is 5.97 Å². The van der Waals surface area contributed by atoms with Gasteiger partial charge in [0.1, 0.15) is 5.75 Å². The van der Waals surface area contributed by atoms with Gasteiger partial charge in [-0.3, -0.25) is 9.79 Å². The molecule has 0 unspecified atom stereocenters. The highest BCUT2D eigenvalue weighted by molar-refractivity contribution is 6.05. The lowest BCUT2D eigenvalue weighted by Gasteiger charge is -2.10. The normalized spacial score (nSPS) is 11.9. The molecule has 0 bridgehead atoms. The molecule has 0 saturated carbocycles. The number of nitrogens with two attached hydrogens (primary N) is 2. The van der Waals surface area contributed by atoms with Crippen LogP contribution in [0.15, 0.2) is 45.9 Å². The quantitative estimate of drug-likeness (QED) is 0.312. The molecule has 0 heterocycles. The molecule has 0 fully saturated rings. The second kappa shape index (κ2) is 12.5. The minimum atomic E-state index is -0.841. The van der Waals surface area contributed by atoms with Gasteiger partial charge in [0.05, 0.1) is 7.11 Å². The highest BCUT2D eigenvalue weighted by atomic mass is 16.5. The molecule has 1 rings (SSSR count). The van der Waals surface area contributed by atoms with Crippen LogP contribution in [0.4, 0.5) is 0 Å². The number of nitrogens with zero attached hydrogens (tertiary/aromatic N) is 2. The predicted octanol–water partition coefficient (Wildman–Crippen LogP) is 2.89. The van der Waals surface area contributed by atoms with Crippen LogP contribution in [-0.2, 0) is 11.2 Å². The summed E-state index contributed by atoms with van der Waals surface area (Å²) in [5.41, 5.74) is 13.1. The van der Waals surface area contributed by atoms with E-state index in [1.54, 1.807) is 7.11 Å². The fourth-order valence-corrected chi connectivity index (χ4v) is 2.42. The summed E-state index contributed by atoms with van der Waals surface area (Å²) in [6.07, 6.45) is 5.70. The second-order valence-electron chi connectivity index (χ2n) is 6.11. The topological polar surface area (TPSA) is 123 Å². The van der Waals surface area contributed by atoms with E-state index in [1.807, 2.05) is 30.3 Å². The fraction of sp³-hybridized carbons (Fsp3) is 0.450. The molecule has 7 heteroatoms. The van der Waals surface area contributed by atoms with Crippen LogP contribution < -0.4 is 16.2 Å². The number of aryl methyl sites for hydroxylation is 1. The third-order valence-electron chi connectivity index (χ3n) is 3.89. The summed E-state index contributed by atoms with van der Waals surface area (Å²) in [4.78, 5) is 19.5. The zero-order valence-electron chi connectivity index (χ0n) is 16.1. The first-order valence-electron chi connectivity index (χ1n) is 9.14.